The smallest absolute Gasteiger partial charge is 0.407 e. The first-order valence-electron chi connectivity index (χ1n) is 8.75. The molecule has 8 nitrogen and oxygen atoms in total. The monoisotopic (exact) mass is 489 g/mol. The Labute approximate surface area is 174 Å². The van der Waals surface area contributed by atoms with Crippen LogP contribution in [0.1, 0.15) is 18.4 Å². The van der Waals surface area contributed by atoms with Gasteiger partial charge in [0.2, 0.25) is 5.88 Å². The van der Waals surface area contributed by atoms with Crippen LogP contribution in [0.25, 0.3) is 16.9 Å². The van der Waals surface area contributed by atoms with Gasteiger partial charge >= 0.3 is 6.09 Å². The molecular weight excluding hydrogens is 473 g/mol. The number of aromatic nitrogens is 3. The van der Waals surface area contributed by atoms with Crippen LogP contribution in [0.5, 0.6) is 5.88 Å². The van der Waals surface area contributed by atoms with Gasteiger partial charge in [0.25, 0.3) is 0 Å². The zero-order valence-corrected chi connectivity index (χ0v) is 16.9. The number of hydrogen-bond acceptors (Lipinski definition) is 5. The molecule has 1 atom stereocenters. The number of hydrogen-bond donors (Lipinski definition) is 1. The molecule has 0 unspecified atom stereocenters. The maximum atomic E-state index is 11.2. The molecule has 1 aliphatic rings. The average Bonchev–Trinajstić information content (AvgIpc) is 3.04. The Hall–Kier alpha value is -2.87. The van der Waals surface area contributed by atoms with Crippen LogP contribution in [-0.2, 0) is 0 Å². The van der Waals surface area contributed by atoms with E-state index >= 15 is 0 Å². The summed E-state index contributed by atoms with van der Waals surface area (Å²) in [6, 6.07) is 11.1. The molecule has 1 saturated heterocycles. The van der Waals surface area contributed by atoms with Gasteiger partial charge in [-0.2, -0.15) is 15.3 Å². The van der Waals surface area contributed by atoms with Crippen LogP contribution < -0.4 is 4.74 Å². The molecule has 1 N–H and O–H groups in total. The highest BCUT2D eigenvalue weighted by atomic mass is 127. The summed E-state index contributed by atoms with van der Waals surface area (Å²) in [5.41, 5.74) is 2.82. The van der Waals surface area contributed by atoms with Crippen molar-refractivity contribution in [2.75, 3.05) is 13.1 Å². The molecule has 1 aromatic carbocycles. The average molecular weight is 489 g/mol. The van der Waals surface area contributed by atoms with Crippen molar-refractivity contribution >= 4 is 34.3 Å². The van der Waals surface area contributed by atoms with E-state index in [1.165, 1.54) is 4.90 Å². The number of carbonyl (C=O) groups is 1. The summed E-state index contributed by atoms with van der Waals surface area (Å²) in [4.78, 5) is 17.1. The second-order valence-corrected chi connectivity index (χ2v) is 7.58. The van der Waals surface area contributed by atoms with Gasteiger partial charge in [0.1, 0.15) is 11.8 Å². The molecule has 28 heavy (non-hydrogen) atoms. The van der Waals surface area contributed by atoms with Crippen LogP contribution in [0.15, 0.2) is 36.5 Å². The van der Waals surface area contributed by atoms with Crippen LogP contribution in [-0.4, -0.2) is 49.9 Å². The van der Waals surface area contributed by atoms with E-state index in [4.69, 9.17) is 10.00 Å². The normalized spacial score (nSPS) is 16.7. The number of ether oxygens (including phenoxy) is 1. The minimum Gasteiger partial charge on any atom is -0.472 e. The Bertz CT molecular complexity index is 1090. The van der Waals surface area contributed by atoms with Gasteiger partial charge < -0.3 is 14.7 Å². The van der Waals surface area contributed by atoms with Crippen molar-refractivity contribution in [3.63, 3.8) is 0 Å². The van der Waals surface area contributed by atoms with Gasteiger partial charge in [-0.1, -0.05) is 12.1 Å². The molecule has 142 valence electrons. The molecule has 4 rings (SSSR count). The zero-order chi connectivity index (χ0) is 19.7. The number of benzene rings is 1. The van der Waals surface area contributed by atoms with E-state index in [1.54, 1.807) is 28.9 Å². The van der Waals surface area contributed by atoms with Gasteiger partial charge in [-0.25, -0.2) is 9.31 Å². The van der Waals surface area contributed by atoms with Crippen molar-refractivity contribution in [2.45, 2.75) is 18.9 Å². The summed E-state index contributed by atoms with van der Waals surface area (Å²) in [5.74, 6) is 0.444. The predicted molar refractivity (Wildman–Crippen MR) is 109 cm³/mol. The summed E-state index contributed by atoms with van der Waals surface area (Å²) in [6.07, 6.45) is 2.19. The number of halogens is 1. The Kier molecular flexibility index (Phi) is 5.04. The molecule has 2 aromatic heterocycles. The van der Waals surface area contributed by atoms with E-state index in [0.717, 1.165) is 27.7 Å². The highest BCUT2D eigenvalue weighted by Gasteiger charge is 2.25. The maximum Gasteiger partial charge on any atom is 0.407 e. The van der Waals surface area contributed by atoms with Gasteiger partial charge in [0, 0.05) is 24.4 Å². The van der Waals surface area contributed by atoms with Gasteiger partial charge in [-0.15, -0.1) is 0 Å². The second-order valence-electron chi connectivity index (χ2n) is 6.50. The standard InChI is InChI=1S/C19H16IN5O3/c20-16-17(13-4-1-3-12(9-13)10-21)23-25-8-6-15(22-18(16)25)28-14-5-2-7-24(11-14)19(26)27/h1,3-4,6,8-9,14H,2,5,7,11H2,(H,26,27)/t14-/m0/s1. The van der Waals surface area contributed by atoms with E-state index < -0.39 is 6.09 Å². The lowest BCUT2D eigenvalue weighted by Gasteiger charge is -2.30. The van der Waals surface area contributed by atoms with Crippen molar-refractivity contribution < 1.29 is 14.6 Å². The summed E-state index contributed by atoms with van der Waals surface area (Å²) in [5, 5.41) is 22.9. The van der Waals surface area contributed by atoms with Gasteiger partial charge in [-0.3, -0.25) is 0 Å². The summed E-state index contributed by atoms with van der Waals surface area (Å²) in [7, 11) is 0. The Morgan fingerprint density at radius 3 is 3.04 bits per heavy atom. The highest BCUT2D eigenvalue weighted by Crippen LogP contribution is 2.28. The lowest BCUT2D eigenvalue weighted by atomic mass is 10.1. The number of nitrogens with zero attached hydrogens (tertiary/aromatic N) is 5. The third-order valence-corrected chi connectivity index (χ3v) is 5.60. The lowest BCUT2D eigenvalue weighted by molar-refractivity contribution is 0.0768. The van der Waals surface area contributed by atoms with Crippen molar-refractivity contribution in [3.05, 3.63) is 45.7 Å². The lowest BCUT2D eigenvalue weighted by Crippen LogP contribution is -2.43. The Balaban J connectivity index is 1.62. The zero-order valence-electron chi connectivity index (χ0n) is 14.7. The largest absolute Gasteiger partial charge is 0.472 e. The second kappa shape index (κ2) is 7.63. The summed E-state index contributed by atoms with van der Waals surface area (Å²) in [6.45, 7) is 0.873. The minimum atomic E-state index is -0.925. The summed E-state index contributed by atoms with van der Waals surface area (Å²) < 4.78 is 8.48. The Morgan fingerprint density at radius 2 is 2.25 bits per heavy atom. The number of piperidine rings is 1. The molecule has 0 bridgehead atoms. The fourth-order valence-corrected chi connectivity index (χ4v) is 4.04. The number of fused-ring (bicyclic) bond motifs is 1. The molecule has 0 spiro atoms. The minimum absolute atomic E-state index is 0.216. The van der Waals surface area contributed by atoms with E-state index in [9.17, 15) is 9.90 Å². The quantitative estimate of drug-likeness (QED) is 0.566. The molecule has 1 aliphatic heterocycles. The first kappa shape index (κ1) is 18.5. The number of nitriles is 1. The first-order valence-corrected chi connectivity index (χ1v) is 9.83. The number of likely N-dealkylation sites (tertiary alicyclic amines) is 1. The van der Waals surface area contributed by atoms with Crippen LogP contribution in [0.3, 0.4) is 0 Å². The molecule has 9 heteroatoms. The van der Waals surface area contributed by atoms with Crippen molar-refractivity contribution in [1.82, 2.24) is 19.5 Å². The molecular formula is C19H16IN5O3. The third-order valence-electron chi connectivity index (χ3n) is 4.60. The van der Waals surface area contributed by atoms with Crippen LogP contribution in [0, 0.1) is 14.9 Å². The molecule has 0 aliphatic carbocycles. The fourth-order valence-electron chi connectivity index (χ4n) is 3.25. The number of amides is 1. The molecule has 1 fully saturated rings. The first-order chi connectivity index (χ1) is 13.5. The Morgan fingerprint density at radius 1 is 1.39 bits per heavy atom. The molecule has 0 saturated carbocycles. The van der Waals surface area contributed by atoms with Gasteiger partial charge in [0.05, 0.1) is 21.7 Å². The fraction of sp³-hybridized carbons (Fsp3) is 0.263. The third kappa shape index (κ3) is 3.60. The van der Waals surface area contributed by atoms with E-state index in [0.29, 0.717) is 30.2 Å². The molecule has 3 aromatic rings. The van der Waals surface area contributed by atoms with E-state index in [-0.39, 0.29) is 6.10 Å². The van der Waals surface area contributed by atoms with Crippen LogP contribution in [0.4, 0.5) is 4.79 Å². The maximum absolute atomic E-state index is 11.2. The summed E-state index contributed by atoms with van der Waals surface area (Å²) >= 11 is 2.19. The van der Waals surface area contributed by atoms with Gasteiger partial charge in [-0.05, 0) is 47.6 Å². The molecule has 1 amide bonds. The van der Waals surface area contributed by atoms with Crippen molar-refractivity contribution in [3.8, 4) is 23.2 Å². The van der Waals surface area contributed by atoms with E-state index in [1.807, 2.05) is 12.1 Å². The van der Waals surface area contributed by atoms with Gasteiger partial charge in [0.15, 0.2) is 5.65 Å². The van der Waals surface area contributed by atoms with Crippen molar-refractivity contribution in [2.24, 2.45) is 0 Å². The van der Waals surface area contributed by atoms with E-state index in [2.05, 4.69) is 38.7 Å². The topological polar surface area (TPSA) is 104 Å². The predicted octanol–water partition coefficient (Wildman–Crippen LogP) is 3.39. The van der Waals surface area contributed by atoms with Crippen LogP contribution >= 0.6 is 22.6 Å². The van der Waals surface area contributed by atoms with Crippen molar-refractivity contribution in [1.29, 1.82) is 5.26 Å². The van der Waals surface area contributed by atoms with Crippen LogP contribution in [0.2, 0.25) is 0 Å². The highest BCUT2D eigenvalue weighted by molar-refractivity contribution is 14.1. The number of rotatable bonds is 3. The molecule has 3 heterocycles. The SMILES string of the molecule is N#Cc1cccc(-c2nn3ccc(O[C@H]4CCCN(C(=O)O)C4)nc3c2I)c1. The number of carboxylic acid groups (broad SMARTS) is 1. The molecule has 0 radical (unpaired) electrons.